The zero-order valence-electron chi connectivity index (χ0n) is 23.0. The summed E-state index contributed by atoms with van der Waals surface area (Å²) >= 11 is 0. The van der Waals surface area contributed by atoms with Crippen molar-refractivity contribution in [2.75, 3.05) is 18.1 Å². The topological polar surface area (TPSA) is 59.1 Å². The Kier molecular flexibility index (Phi) is 7.98. The number of alkyl halides is 3. The standard InChI is InChI=1S/C31H29F5N2O4/c1-30(2)28(39)38(23-7-10-27(33)26(17-23)31(34,35)36)29(40)37(30)18-20-5-6-22(32)16-21(20)15-19-3-8-24(9-4-19)42-25-11-13-41-14-12-25/h3-10,16-17,25H,11-15,18H2,1-2H3. The van der Waals surface area contributed by atoms with Gasteiger partial charge in [0.25, 0.3) is 5.91 Å². The van der Waals surface area contributed by atoms with E-state index in [0.717, 1.165) is 24.5 Å². The van der Waals surface area contributed by atoms with Gasteiger partial charge < -0.3 is 14.4 Å². The molecule has 0 atom stereocenters. The van der Waals surface area contributed by atoms with Crippen molar-refractivity contribution in [2.24, 2.45) is 0 Å². The van der Waals surface area contributed by atoms with Gasteiger partial charge in [0, 0.05) is 19.4 Å². The lowest BCUT2D eigenvalue weighted by atomic mass is 9.97. The number of carbonyl (C=O) groups is 2. The molecule has 0 spiro atoms. The second kappa shape index (κ2) is 11.4. The minimum Gasteiger partial charge on any atom is -0.490 e. The number of ether oxygens (including phenoxy) is 2. The largest absolute Gasteiger partial charge is 0.490 e. The molecular formula is C31H29F5N2O4. The third-order valence-corrected chi connectivity index (χ3v) is 7.62. The van der Waals surface area contributed by atoms with Crippen LogP contribution >= 0.6 is 0 Å². The van der Waals surface area contributed by atoms with E-state index >= 15 is 0 Å². The first-order valence-corrected chi connectivity index (χ1v) is 13.5. The number of urea groups is 1. The number of rotatable bonds is 7. The lowest BCUT2D eigenvalue weighted by molar-refractivity contribution is -0.140. The molecular weight excluding hydrogens is 559 g/mol. The van der Waals surface area contributed by atoms with Crippen LogP contribution in [0, 0.1) is 11.6 Å². The molecule has 42 heavy (non-hydrogen) atoms. The molecule has 2 aliphatic heterocycles. The fourth-order valence-corrected chi connectivity index (χ4v) is 5.17. The second-order valence-electron chi connectivity index (χ2n) is 10.9. The maximum Gasteiger partial charge on any atom is 0.419 e. The second-order valence-corrected chi connectivity index (χ2v) is 10.9. The molecule has 0 bridgehead atoms. The number of nitrogens with zero attached hydrogens (tertiary/aromatic N) is 2. The number of anilines is 1. The number of hydrogen-bond acceptors (Lipinski definition) is 4. The molecule has 0 aliphatic carbocycles. The van der Waals surface area contributed by atoms with E-state index in [1.807, 2.05) is 24.3 Å². The fourth-order valence-electron chi connectivity index (χ4n) is 5.17. The van der Waals surface area contributed by atoms with Crippen LogP contribution in [0.4, 0.5) is 32.4 Å². The van der Waals surface area contributed by atoms with Gasteiger partial charge >= 0.3 is 12.2 Å². The van der Waals surface area contributed by atoms with Crippen molar-refractivity contribution in [2.45, 2.75) is 57.5 Å². The molecule has 5 rings (SSSR count). The van der Waals surface area contributed by atoms with Crippen LogP contribution in [0.1, 0.15) is 48.9 Å². The van der Waals surface area contributed by atoms with E-state index in [1.165, 1.54) is 36.9 Å². The third kappa shape index (κ3) is 5.97. The Morgan fingerprint density at radius 2 is 1.62 bits per heavy atom. The molecule has 11 heteroatoms. The van der Waals surface area contributed by atoms with Crippen molar-refractivity contribution in [3.8, 4) is 5.75 Å². The van der Waals surface area contributed by atoms with Gasteiger partial charge in [-0.2, -0.15) is 13.2 Å². The first kappa shape index (κ1) is 29.5. The molecule has 3 aromatic rings. The summed E-state index contributed by atoms with van der Waals surface area (Å²) in [6, 6.07) is 12.6. The van der Waals surface area contributed by atoms with Gasteiger partial charge in [0.05, 0.1) is 24.5 Å². The van der Waals surface area contributed by atoms with Gasteiger partial charge in [0.2, 0.25) is 0 Å². The smallest absolute Gasteiger partial charge is 0.419 e. The average Bonchev–Trinajstić information content (AvgIpc) is 3.10. The summed E-state index contributed by atoms with van der Waals surface area (Å²) in [5, 5.41) is 0. The van der Waals surface area contributed by atoms with Crippen LogP contribution in [0.25, 0.3) is 0 Å². The Labute approximate surface area is 239 Å². The molecule has 0 N–H and O–H groups in total. The summed E-state index contributed by atoms with van der Waals surface area (Å²) in [4.78, 5) is 28.6. The molecule has 222 valence electrons. The minimum atomic E-state index is -5.01. The number of amides is 3. The fraction of sp³-hybridized carbons (Fsp3) is 0.355. The summed E-state index contributed by atoms with van der Waals surface area (Å²) < 4.78 is 79.6. The Hall–Kier alpha value is -3.99. The van der Waals surface area contributed by atoms with Crippen molar-refractivity contribution < 1.29 is 41.0 Å². The lowest BCUT2D eigenvalue weighted by Gasteiger charge is -2.28. The zero-order chi connectivity index (χ0) is 30.2. The number of halogens is 5. The number of hydrogen-bond donors (Lipinski definition) is 0. The van der Waals surface area contributed by atoms with Gasteiger partial charge in [-0.3, -0.25) is 4.79 Å². The van der Waals surface area contributed by atoms with E-state index in [-0.39, 0.29) is 12.6 Å². The Balaban J connectivity index is 1.37. The predicted octanol–water partition coefficient (Wildman–Crippen LogP) is 6.88. The SMILES string of the molecule is CC1(C)C(=O)N(c2ccc(F)c(C(F)(F)F)c2)C(=O)N1Cc1ccc(F)cc1Cc1ccc(OC2CCOCC2)cc1. The average molecular weight is 589 g/mol. The Bertz CT molecular complexity index is 1480. The highest BCUT2D eigenvalue weighted by Gasteiger charge is 2.52. The van der Waals surface area contributed by atoms with Crippen LogP contribution in [0.15, 0.2) is 60.7 Å². The molecule has 0 unspecified atom stereocenters. The van der Waals surface area contributed by atoms with Crippen LogP contribution in [0.2, 0.25) is 0 Å². The van der Waals surface area contributed by atoms with E-state index in [9.17, 15) is 31.5 Å². The normalized spacial score (nSPS) is 17.7. The van der Waals surface area contributed by atoms with Crippen molar-refractivity contribution >= 4 is 17.6 Å². The molecule has 3 amide bonds. The van der Waals surface area contributed by atoms with Gasteiger partial charge in [0.1, 0.15) is 29.0 Å². The van der Waals surface area contributed by atoms with Crippen molar-refractivity contribution in [3.05, 3.63) is 94.6 Å². The van der Waals surface area contributed by atoms with E-state index in [0.29, 0.717) is 53.5 Å². The maximum absolute atomic E-state index is 14.3. The van der Waals surface area contributed by atoms with Gasteiger partial charge in [0.15, 0.2) is 0 Å². The molecule has 2 fully saturated rings. The maximum atomic E-state index is 14.3. The van der Waals surface area contributed by atoms with Crippen LogP contribution in [0.3, 0.4) is 0 Å². The lowest BCUT2D eigenvalue weighted by Crippen LogP contribution is -2.43. The predicted molar refractivity (Wildman–Crippen MR) is 144 cm³/mol. The molecule has 2 saturated heterocycles. The van der Waals surface area contributed by atoms with Crippen molar-refractivity contribution in [1.29, 1.82) is 0 Å². The first-order valence-electron chi connectivity index (χ1n) is 13.5. The summed E-state index contributed by atoms with van der Waals surface area (Å²) in [5.74, 6) is -2.05. The Morgan fingerprint density at radius 1 is 0.929 bits per heavy atom. The summed E-state index contributed by atoms with van der Waals surface area (Å²) in [7, 11) is 0. The third-order valence-electron chi connectivity index (χ3n) is 7.62. The number of imide groups is 1. The molecule has 6 nitrogen and oxygen atoms in total. The number of carbonyl (C=O) groups excluding carboxylic acids is 2. The number of benzene rings is 3. The van der Waals surface area contributed by atoms with Crippen molar-refractivity contribution in [3.63, 3.8) is 0 Å². The highest BCUT2D eigenvalue weighted by molar-refractivity contribution is 6.23. The van der Waals surface area contributed by atoms with Gasteiger partial charge in [-0.05, 0) is 79.4 Å². The van der Waals surface area contributed by atoms with Crippen molar-refractivity contribution in [1.82, 2.24) is 4.90 Å². The summed E-state index contributed by atoms with van der Waals surface area (Å²) in [6.45, 7) is 4.15. The van der Waals surface area contributed by atoms with Gasteiger partial charge in [-0.15, -0.1) is 0 Å². The molecule has 0 saturated carbocycles. The quantitative estimate of drug-likeness (QED) is 0.223. The molecule has 2 heterocycles. The van der Waals surface area contributed by atoms with E-state index in [4.69, 9.17) is 9.47 Å². The molecule has 0 aromatic heterocycles. The highest BCUT2D eigenvalue weighted by atomic mass is 19.4. The van der Waals surface area contributed by atoms with Crippen LogP contribution < -0.4 is 9.64 Å². The Morgan fingerprint density at radius 3 is 2.29 bits per heavy atom. The van der Waals surface area contributed by atoms with Crippen LogP contribution in [-0.2, 0) is 28.7 Å². The van der Waals surface area contributed by atoms with Crippen LogP contribution in [0.5, 0.6) is 5.75 Å². The van der Waals surface area contributed by atoms with Gasteiger partial charge in [-0.25, -0.2) is 18.5 Å². The van der Waals surface area contributed by atoms with Crippen LogP contribution in [-0.4, -0.2) is 41.7 Å². The monoisotopic (exact) mass is 588 g/mol. The zero-order valence-corrected chi connectivity index (χ0v) is 23.0. The van der Waals surface area contributed by atoms with E-state index < -0.39 is 46.5 Å². The highest BCUT2D eigenvalue weighted by Crippen LogP contribution is 2.38. The molecule has 0 radical (unpaired) electrons. The summed E-state index contributed by atoms with van der Waals surface area (Å²) in [6.07, 6.45) is -3.00. The minimum absolute atomic E-state index is 0.0815. The van der Waals surface area contributed by atoms with Gasteiger partial charge in [-0.1, -0.05) is 18.2 Å². The first-order chi connectivity index (χ1) is 19.8. The molecule has 3 aromatic carbocycles. The van der Waals surface area contributed by atoms with E-state index in [2.05, 4.69) is 0 Å². The summed E-state index contributed by atoms with van der Waals surface area (Å²) in [5.41, 5.74) is -1.43. The van der Waals surface area contributed by atoms with E-state index in [1.54, 1.807) is 0 Å². The molecule has 2 aliphatic rings.